The summed E-state index contributed by atoms with van der Waals surface area (Å²) in [6.07, 6.45) is 7.36. The highest BCUT2D eigenvalue weighted by Gasteiger charge is 2.04. The summed E-state index contributed by atoms with van der Waals surface area (Å²) < 4.78 is 1.26. The molecule has 0 radical (unpaired) electrons. The van der Waals surface area contributed by atoms with E-state index in [2.05, 4.69) is 30.0 Å². The maximum atomic E-state index is 5.34. The molecule has 0 fully saturated rings. The quantitative estimate of drug-likeness (QED) is 0.714. The average molecular weight is 215 g/mol. The maximum Gasteiger partial charge on any atom is 0.0939 e. The van der Waals surface area contributed by atoms with Gasteiger partial charge in [0.1, 0.15) is 0 Å². The topological polar surface area (TPSA) is 12.9 Å². The SMILES string of the molecule is C#CC(C)CCc1nc2ccccc2s1. The molecule has 0 aliphatic carbocycles. The van der Waals surface area contributed by atoms with E-state index < -0.39 is 0 Å². The van der Waals surface area contributed by atoms with Gasteiger partial charge in [0.2, 0.25) is 0 Å². The molecule has 2 aromatic rings. The van der Waals surface area contributed by atoms with E-state index in [1.165, 1.54) is 9.71 Å². The molecular weight excluding hydrogens is 202 g/mol. The number of fused-ring (bicyclic) bond motifs is 1. The van der Waals surface area contributed by atoms with Gasteiger partial charge in [0.25, 0.3) is 0 Å². The van der Waals surface area contributed by atoms with Crippen molar-refractivity contribution >= 4 is 21.6 Å². The van der Waals surface area contributed by atoms with Crippen LogP contribution in [0, 0.1) is 18.3 Å². The highest BCUT2D eigenvalue weighted by Crippen LogP contribution is 2.23. The van der Waals surface area contributed by atoms with Crippen molar-refractivity contribution in [1.29, 1.82) is 0 Å². The van der Waals surface area contributed by atoms with Crippen molar-refractivity contribution < 1.29 is 0 Å². The number of aryl methyl sites for hydroxylation is 1. The Morgan fingerprint density at radius 2 is 2.27 bits per heavy atom. The third-order valence-electron chi connectivity index (χ3n) is 2.41. The fourth-order valence-electron chi connectivity index (χ4n) is 1.45. The van der Waals surface area contributed by atoms with E-state index in [-0.39, 0.29) is 0 Å². The van der Waals surface area contributed by atoms with Crippen molar-refractivity contribution in [2.24, 2.45) is 5.92 Å². The summed E-state index contributed by atoms with van der Waals surface area (Å²) in [6, 6.07) is 8.24. The van der Waals surface area contributed by atoms with Crippen LogP contribution in [0.2, 0.25) is 0 Å². The molecule has 0 saturated heterocycles. The molecule has 15 heavy (non-hydrogen) atoms. The number of para-hydroxylation sites is 1. The van der Waals surface area contributed by atoms with Crippen LogP contribution in [0.15, 0.2) is 24.3 Å². The van der Waals surface area contributed by atoms with E-state index in [9.17, 15) is 0 Å². The second-order valence-corrected chi connectivity index (χ2v) is 4.80. The first kappa shape index (κ1) is 10.2. The van der Waals surface area contributed by atoms with Crippen LogP contribution in [0.3, 0.4) is 0 Å². The molecule has 1 aromatic carbocycles. The van der Waals surface area contributed by atoms with E-state index >= 15 is 0 Å². The molecule has 1 nitrogen and oxygen atoms in total. The molecule has 0 amide bonds. The van der Waals surface area contributed by atoms with Crippen LogP contribution < -0.4 is 0 Å². The molecule has 1 unspecified atom stereocenters. The molecule has 2 rings (SSSR count). The van der Waals surface area contributed by atoms with Crippen LogP contribution in [-0.4, -0.2) is 4.98 Å². The first-order valence-corrected chi connectivity index (χ1v) is 5.92. The van der Waals surface area contributed by atoms with Gasteiger partial charge in [-0.2, -0.15) is 0 Å². The lowest BCUT2D eigenvalue weighted by Crippen LogP contribution is -1.92. The lowest BCUT2D eigenvalue weighted by atomic mass is 10.1. The van der Waals surface area contributed by atoms with Crippen molar-refractivity contribution in [1.82, 2.24) is 4.98 Å². The van der Waals surface area contributed by atoms with Gasteiger partial charge in [0, 0.05) is 12.3 Å². The Morgan fingerprint density at radius 1 is 1.47 bits per heavy atom. The Bertz CT molecular complexity index is 459. The van der Waals surface area contributed by atoms with Gasteiger partial charge in [0.05, 0.1) is 15.2 Å². The van der Waals surface area contributed by atoms with Crippen molar-refractivity contribution in [2.75, 3.05) is 0 Å². The second-order valence-electron chi connectivity index (χ2n) is 3.68. The van der Waals surface area contributed by atoms with Crippen molar-refractivity contribution in [3.63, 3.8) is 0 Å². The highest BCUT2D eigenvalue weighted by atomic mass is 32.1. The molecule has 1 aromatic heterocycles. The molecular formula is C13H13NS. The minimum absolute atomic E-state index is 0.344. The van der Waals surface area contributed by atoms with E-state index in [0.717, 1.165) is 18.4 Å². The van der Waals surface area contributed by atoms with Gasteiger partial charge >= 0.3 is 0 Å². The Balaban J connectivity index is 2.13. The average Bonchev–Trinajstić information content (AvgIpc) is 2.68. The van der Waals surface area contributed by atoms with Crippen LogP contribution in [0.1, 0.15) is 18.4 Å². The van der Waals surface area contributed by atoms with Crippen molar-refractivity contribution in [3.05, 3.63) is 29.3 Å². The minimum atomic E-state index is 0.344. The number of aromatic nitrogens is 1. The predicted molar refractivity (Wildman–Crippen MR) is 65.9 cm³/mol. The number of hydrogen-bond acceptors (Lipinski definition) is 2. The monoisotopic (exact) mass is 215 g/mol. The van der Waals surface area contributed by atoms with Gasteiger partial charge in [-0.3, -0.25) is 0 Å². The zero-order chi connectivity index (χ0) is 10.7. The summed E-state index contributed by atoms with van der Waals surface area (Å²) in [5.74, 6) is 3.09. The molecule has 0 spiro atoms. The summed E-state index contributed by atoms with van der Waals surface area (Å²) in [5.41, 5.74) is 1.10. The molecule has 0 bridgehead atoms. The second kappa shape index (κ2) is 4.46. The van der Waals surface area contributed by atoms with Crippen molar-refractivity contribution in [3.8, 4) is 12.3 Å². The summed E-state index contributed by atoms with van der Waals surface area (Å²) in [7, 11) is 0. The van der Waals surface area contributed by atoms with Gasteiger partial charge in [0.15, 0.2) is 0 Å². The number of rotatable bonds is 3. The molecule has 0 N–H and O–H groups in total. The van der Waals surface area contributed by atoms with Gasteiger partial charge in [-0.1, -0.05) is 19.1 Å². The summed E-state index contributed by atoms with van der Waals surface area (Å²) in [4.78, 5) is 4.57. The molecule has 0 saturated carbocycles. The Hall–Kier alpha value is -1.33. The predicted octanol–water partition coefficient (Wildman–Crippen LogP) is 3.50. The third-order valence-corrected chi connectivity index (χ3v) is 3.51. The zero-order valence-electron chi connectivity index (χ0n) is 8.73. The maximum absolute atomic E-state index is 5.34. The minimum Gasteiger partial charge on any atom is -0.241 e. The number of nitrogens with zero attached hydrogens (tertiary/aromatic N) is 1. The van der Waals surface area contributed by atoms with Crippen LogP contribution >= 0.6 is 11.3 Å². The standard InChI is InChI=1S/C13H13NS/c1-3-10(2)8-9-13-14-11-6-4-5-7-12(11)15-13/h1,4-7,10H,8-9H2,2H3. The molecule has 0 aliphatic heterocycles. The normalized spacial score (nSPS) is 12.5. The Morgan fingerprint density at radius 3 is 3.00 bits per heavy atom. The summed E-state index contributed by atoms with van der Waals surface area (Å²) >= 11 is 1.77. The first-order chi connectivity index (χ1) is 7.29. The van der Waals surface area contributed by atoms with Gasteiger partial charge in [-0.25, -0.2) is 4.98 Å². The molecule has 1 atom stereocenters. The van der Waals surface area contributed by atoms with Crippen LogP contribution in [-0.2, 0) is 6.42 Å². The number of benzene rings is 1. The fourth-order valence-corrected chi connectivity index (χ4v) is 2.43. The molecule has 0 aliphatic rings. The van der Waals surface area contributed by atoms with E-state index in [1.54, 1.807) is 11.3 Å². The number of terminal acetylenes is 1. The van der Waals surface area contributed by atoms with Gasteiger partial charge in [-0.05, 0) is 18.6 Å². The Kier molecular flexibility index (Phi) is 3.03. The molecule has 1 heterocycles. The van der Waals surface area contributed by atoms with Gasteiger partial charge in [-0.15, -0.1) is 23.7 Å². The van der Waals surface area contributed by atoms with Gasteiger partial charge < -0.3 is 0 Å². The number of thiazole rings is 1. The third kappa shape index (κ3) is 2.37. The van der Waals surface area contributed by atoms with Crippen LogP contribution in [0.25, 0.3) is 10.2 Å². The van der Waals surface area contributed by atoms with Crippen molar-refractivity contribution in [2.45, 2.75) is 19.8 Å². The smallest absolute Gasteiger partial charge is 0.0939 e. The lowest BCUT2D eigenvalue weighted by Gasteiger charge is -1.99. The number of hydrogen-bond donors (Lipinski definition) is 0. The first-order valence-electron chi connectivity index (χ1n) is 5.10. The summed E-state index contributed by atoms with van der Waals surface area (Å²) in [5, 5.41) is 1.19. The highest BCUT2D eigenvalue weighted by molar-refractivity contribution is 7.18. The van der Waals surface area contributed by atoms with E-state index in [1.807, 2.05) is 12.1 Å². The fraction of sp³-hybridized carbons (Fsp3) is 0.308. The Labute approximate surface area is 94.2 Å². The van der Waals surface area contributed by atoms with Crippen LogP contribution in [0.5, 0.6) is 0 Å². The van der Waals surface area contributed by atoms with Crippen LogP contribution in [0.4, 0.5) is 0 Å². The van der Waals surface area contributed by atoms with E-state index in [4.69, 9.17) is 6.42 Å². The molecule has 2 heteroatoms. The lowest BCUT2D eigenvalue weighted by molar-refractivity contribution is 0.667. The summed E-state index contributed by atoms with van der Waals surface area (Å²) in [6.45, 7) is 2.08. The zero-order valence-corrected chi connectivity index (χ0v) is 9.55. The largest absolute Gasteiger partial charge is 0.241 e. The molecule has 76 valence electrons. The van der Waals surface area contributed by atoms with E-state index in [0.29, 0.717) is 5.92 Å².